The van der Waals surface area contributed by atoms with Crippen molar-refractivity contribution in [2.75, 3.05) is 17.2 Å². The molecule has 1 heterocycles. The molecule has 0 spiro atoms. The third-order valence-electron chi connectivity index (χ3n) is 2.52. The van der Waals surface area contributed by atoms with Crippen LogP contribution in [0.3, 0.4) is 0 Å². The fourth-order valence-electron chi connectivity index (χ4n) is 1.73. The quantitative estimate of drug-likeness (QED) is 0.627. The molecule has 0 bridgehead atoms. The van der Waals surface area contributed by atoms with Crippen LogP contribution in [-0.2, 0) is 6.54 Å². The van der Waals surface area contributed by atoms with Crippen LogP contribution in [0.5, 0.6) is 0 Å². The summed E-state index contributed by atoms with van der Waals surface area (Å²) in [5.41, 5.74) is 2.85. The topological polar surface area (TPSA) is 80.1 Å². The minimum absolute atomic E-state index is 0.0777. The highest BCUT2D eigenvalue weighted by atomic mass is 32.1. The number of thiazole rings is 1. The van der Waals surface area contributed by atoms with Gasteiger partial charge in [0.15, 0.2) is 0 Å². The first-order valence-corrected chi connectivity index (χ1v) is 6.73. The van der Waals surface area contributed by atoms with E-state index < -0.39 is 0 Å². The smallest absolute Gasteiger partial charge is 0.315 e. The van der Waals surface area contributed by atoms with Gasteiger partial charge in [0.2, 0.25) is 0 Å². The number of nitro benzene ring substituents is 1. The van der Waals surface area contributed by atoms with E-state index in [1.807, 2.05) is 6.92 Å². The van der Waals surface area contributed by atoms with Gasteiger partial charge < -0.3 is 10.6 Å². The predicted octanol–water partition coefficient (Wildman–Crippen LogP) is 3.10. The van der Waals surface area contributed by atoms with Crippen LogP contribution in [0.2, 0.25) is 0 Å². The summed E-state index contributed by atoms with van der Waals surface area (Å²) >= 11 is 1.51. The Morgan fingerprint density at radius 3 is 2.68 bits per heavy atom. The molecule has 0 saturated carbocycles. The molecule has 0 atom stereocenters. The van der Waals surface area contributed by atoms with E-state index in [0.29, 0.717) is 24.5 Å². The Bertz CT molecular complexity index is 557. The number of aromatic nitrogens is 1. The van der Waals surface area contributed by atoms with Crippen molar-refractivity contribution >= 4 is 28.4 Å². The maximum absolute atomic E-state index is 11.2. The average Bonchev–Trinajstić information content (AvgIpc) is 2.89. The van der Waals surface area contributed by atoms with Crippen LogP contribution in [0, 0.1) is 10.1 Å². The lowest BCUT2D eigenvalue weighted by atomic mass is 10.2. The van der Waals surface area contributed by atoms with Gasteiger partial charge in [0.1, 0.15) is 11.4 Å². The van der Waals surface area contributed by atoms with Crippen LogP contribution >= 0.6 is 11.3 Å². The zero-order valence-electron chi connectivity index (χ0n) is 10.4. The molecule has 2 N–H and O–H groups in total. The molecule has 2 aromatic rings. The van der Waals surface area contributed by atoms with Crippen molar-refractivity contribution in [2.24, 2.45) is 0 Å². The van der Waals surface area contributed by atoms with Crippen molar-refractivity contribution < 1.29 is 4.92 Å². The molecule has 0 unspecified atom stereocenters. The lowest BCUT2D eigenvalue weighted by molar-refractivity contribution is -0.383. The predicted molar refractivity (Wildman–Crippen MR) is 76.7 cm³/mol. The summed E-state index contributed by atoms with van der Waals surface area (Å²) in [6.07, 6.45) is 1.75. The van der Waals surface area contributed by atoms with Crippen LogP contribution in [0.1, 0.15) is 11.8 Å². The summed E-state index contributed by atoms with van der Waals surface area (Å²) in [5, 5.41) is 17.3. The second-order valence-electron chi connectivity index (χ2n) is 3.81. The Balaban J connectivity index is 2.23. The normalized spacial score (nSPS) is 10.2. The zero-order valence-corrected chi connectivity index (χ0v) is 11.2. The summed E-state index contributed by atoms with van der Waals surface area (Å²) in [5.74, 6) is 0. The van der Waals surface area contributed by atoms with Crippen molar-refractivity contribution in [1.82, 2.24) is 4.98 Å². The standard InChI is InChI=1S/C12H14N4O2S/c1-2-14-10-4-3-5-11(12(10)16(17)18)15-7-9-6-13-8-19-9/h3-6,8,14-15H,2,7H2,1H3. The van der Waals surface area contributed by atoms with E-state index in [1.165, 1.54) is 11.3 Å². The van der Waals surface area contributed by atoms with Gasteiger partial charge in [0.05, 0.1) is 17.0 Å². The molecule has 0 saturated heterocycles. The molecule has 0 amide bonds. The summed E-state index contributed by atoms with van der Waals surface area (Å²) < 4.78 is 0. The minimum Gasteiger partial charge on any atom is -0.380 e. The second kappa shape index (κ2) is 6.14. The highest BCUT2D eigenvalue weighted by Crippen LogP contribution is 2.33. The molecule has 1 aromatic heterocycles. The molecule has 0 radical (unpaired) electrons. The van der Waals surface area contributed by atoms with Gasteiger partial charge >= 0.3 is 5.69 Å². The van der Waals surface area contributed by atoms with Crippen molar-refractivity contribution in [2.45, 2.75) is 13.5 Å². The van der Waals surface area contributed by atoms with E-state index in [-0.39, 0.29) is 10.6 Å². The van der Waals surface area contributed by atoms with Crippen molar-refractivity contribution in [3.63, 3.8) is 0 Å². The summed E-state index contributed by atoms with van der Waals surface area (Å²) in [4.78, 5) is 15.8. The van der Waals surface area contributed by atoms with Crippen LogP contribution in [0.15, 0.2) is 29.9 Å². The molecule has 0 aliphatic carbocycles. The van der Waals surface area contributed by atoms with Gasteiger partial charge in [-0.3, -0.25) is 15.1 Å². The third kappa shape index (κ3) is 3.19. The number of hydrogen-bond acceptors (Lipinski definition) is 6. The second-order valence-corrected chi connectivity index (χ2v) is 4.78. The number of hydrogen-bond donors (Lipinski definition) is 2. The Morgan fingerprint density at radius 1 is 1.37 bits per heavy atom. The Kier molecular flexibility index (Phi) is 4.30. The maximum atomic E-state index is 11.2. The molecule has 1 aromatic carbocycles. The van der Waals surface area contributed by atoms with Gasteiger partial charge in [0, 0.05) is 17.6 Å². The molecular weight excluding hydrogens is 264 g/mol. The molecule has 0 aliphatic heterocycles. The van der Waals surface area contributed by atoms with Crippen LogP contribution in [0.4, 0.5) is 17.1 Å². The van der Waals surface area contributed by atoms with Crippen molar-refractivity contribution in [1.29, 1.82) is 0 Å². The summed E-state index contributed by atoms with van der Waals surface area (Å²) in [6.45, 7) is 3.07. The van der Waals surface area contributed by atoms with Crippen molar-refractivity contribution in [3.8, 4) is 0 Å². The fourth-order valence-corrected chi connectivity index (χ4v) is 2.26. The van der Waals surface area contributed by atoms with Crippen LogP contribution in [0.25, 0.3) is 0 Å². The van der Waals surface area contributed by atoms with E-state index in [1.54, 1.807) is 29.9 Å². The third-order valence-corrected chi connectivity index (χ3v) is 3.30. The summed E-state index contributed by atoms with van der Waals surface area (Å²) in [6, 6.07) is 5.21. The SMILES string of the molecule is CCNc1cccc(NCc2cncs2)c1[N+](=O)[O-]. The molecular formula is C12H14N4O2S. The van der Waals surface area contributed by atoms with E-state index in [9.17, 15) is 10.1 Å². The first-order chi connectivity index (χ1) is 9.22. The molecule has 7 heteroatoms. The molecule has 0 fully saturated rings. The largest absolute Gasteiger partial charge is 0.380 e. The summed E-state index contributed by atoms with van der Waals surface area (Å²) in [7, 11) is 0. The minimum atomic E-state index is -0.368. The van der Waals surface area contributed by atoms with E-state index >= 15 is 0 Å². The van der Waals surface area contributed by atoms with E-state index in [0.717, 1.165) is 4.88 Å². The van der Waals surface area contributed by atoms with Crippen molar-refractivity contribution in [3.05, 3.63) is 44.9 Å². The number of para-hydroxylation sites is 1. The number of nitrogens with zero attached hydrogens (tertiary/aromatic N) is 2. The van der Waals surface area contributed by atoms with Gasteiger partial charge in [-0.05, 0) is 19.1 Å². The molecule has 0 aliphatic rings. The highest BCUT2D eigenvalue weighted by molar-refractivity contribution is 7.09. The molecule has 2 rings (SSSR count). The maximum Gasteiger partial charge on any atom is 0.315 e. The molecule has 19 heavy (non-hydrogen) atoms. The van der Waals surface area contributed by atoms with Crippen LogP contribution < -0.4 is 10.6 Å². The van der Waals surface area contributed by atoms with E-state index in [2.05, 4.69) is 15.6 Å². The monoisotopic (exact) mass is 278 g/mol. The first-order valence-electron chi connectivity index (χ1n) is 5.85. The Hall–Kier alpha value is -2.15. The zero-order chi connectivity index (χ0) is 13.7. The highest BCUT2D eigenvalue weighted by Gasteiger charge is 2.18. The molecule has 6 nitrogen and oxygen atoms in total. The number of benzene rings is 1. The first kappa shape index (κ1) is 13.3. The number of nitrogens with one attached hydrogen (secondary N) is 2. The average molecular weight is 278 g/mol. The fraction of sp³-hybridized carbons (Fsp3) is 0.250. The Morgan fingerprint density at radius 2 is 2.11 bits per heavy atom. The number of nitro groups is 1. The van der Waals surface area contributed by atoms with E-state index in [4.69, 9.17) is 0 Å². The lowest BCUT2D eigenvalue weighted by Gasteiger charge is -2.10. The number of rotatable bonds is 6. The van der Waals surface area contributed by atoms with Crippen LogP contribution in [-0.4, -0.2) is 16.5 Å². The number of anilines is 2. The van der Waals surface area contributed by atoms with Gasteiger partial charge in [0.25, 0.3) is 0 Å². The van der Waals surface area contributed by atoms with Gasteiger partial charge in [-0.25, -0.2) is 0 Å². The van der Waals surface area contributed by atoms with Gasteiger partial charge in [-0.2, -0.15) is 0 Å². The Labute approximate surface area is 114 Å². The molecule has 100 valence electrons. The lowest BCUT2D eigenvalue weighted by Crippen LogP contribution is -2.06. The van der Waals surface area contributed by atoms with Gasteiger partial charge in [-0.15, -0.1) is 11.3 Å². The van der Waals surface area contributed by atoms with Gasteiger partial charge in [-0.1, -0.05) is 6.07 Å².